The number of fused-ring (bicyclic) bond motifs is 1. The molecule has 6 N–H and O–H groups in total. The van der Waals surface area contributed by atoms with Gasteiger partial charge >= 0.3 is 11.9 Å². The number of aromatic nitrogens is 4. The number of aliphatic hydroxyl groups excluding tert-OH is 1. The topological polar surface area (TPSA) is 222 Å². The summed E-state index contributed by atoms with van der Waals surface area (Å²) in [5, 5.41) is 26.5. The quantitative estimate of drug-likeness (QED) is 0.0733. The lowest BCUT2D eigenvalue weighted by Gasteiger charge is -2.31. The fourth-order valence-corrected chi connectivity index (χ4v) is 6.37. The fraction of sp³-hybridized carbons (Fsp3) is 0.654. The summed E-state index contributed by atoms with van der Waals surface area (Å²) in [6, 6.07) is -2.06. The fourth-order valence-electron chi connectivity index (χ4n) is 4.28. The molecular weight excluding hydrogens is 585 g/mol. The summed E-state index contributed by atoms with van der Waals surface area (Å²) in [5.41, 5.74) is 5.82. The Labute approximate surface area is 249 Å². The van der Waals surface area contributed by atoms with Crippen LogP contribution in [0.2, 0.25) is 0 Å². The molecule has 0 amide bonds. The molecular formula is C26H42N7O9P. The van der Waals surface area contributed by atoms with Gasteiger partial charge in [-0.3, -0.25) is 18.7 Å². The Morgan fingerprint density at radius 3 is 2.33 bits per heavy atom. The van der Waals surface area contributed by atoms with Crippen LogP contribution in [0.5, 0.6) is 5.88 Å². The summed E-state index contributed by atoms with van der Waals surface area (Å²) in [6.07, 6.45) is 2.56. The average molecular weight is 628 g/mol. The number of nitrogens with zero attached hydrogens (tertiary/aromatic N) is 4. The second-order valence-corrected chi connectivity index (χ2v) is 12.5. The number of anilines is 1. The highest BCUT2D eigenvalue weighted by atomic mass is 31.2. The lowest BCUT2D eigenvalue weighted by Crippen LogP contribution is -2.44. The van der Waals surface area contributed by atoms with Gasteiger partial charge in [-0.1, -0.05) is 33.3 Å². The van der Waals surface area contributed by atoms with Gasteiger partial charge in [0.1, 0.15) is 24.5 Å². The monoisotopic (exact) mass is 627 g/mol. The first kappa shape index (κ1) is 34.4. The molecule has 1 fully saturated rings. The highest BCUT2D eigenvalue weighted by Gasteiger charge is 2.48. The summed E-state index contributed by atoms with van der Waals surface area (Å²) in [7, 11) is -3.90. The number of carbonyl (C=O) groups is 2. The zero-order chi connectivity index (χ0) is 31.8. The van der Waals surface area contributed by atoms with Crippen molar-refractivity contribution in [1.82, 2.24) is 29.7 Å². The van der Waals surface area contributed by atoms with Crippen LogP contribution < -0.4 is 15.9 Å². The van der Waals surface area contributed by atoms with Crippen LogP contribution >= 0.6 is 7.44 Å². The minimum atomic E-state index is -3.90. The van der Waals surface area contributed by atoms with Gasteiger partial charge in [-0.2, -0.15) is 9.97 Å². The number of aliphatic hydroxyl groups is 1. The number of hydrogen-bond acceptors (Lipinski definition) is 13. The minimum absolute atomic E-state index is 0.0412. The van der Waals surface area contributed by atoms with Crippen molar-refractivity contribution in [3.05, 3.63) is 19.0 Å². The number of nitrogens with two attached hydrogens (primary N) is 1. The molecule has 1 aliphatic heterocycles. The van der Waals surface area contributed by atoms with Gasteiger partial charge in [0.15, 0.2) is 23.2 Å². The molecule has 3 rings (SSSR count). The molecule has 0 aliphatic carbocycles. The van der Waals surface area contributed by atoms with Crippen molar-refractivity contribution in [2.75, 3.05) is 25.3 Å². The highest BCUT2D eigenvalue weighted by Crippen LogP contribution is 2.45. The van der Waals surface area contributed by atoms with Crippen LogP contribution in [0.3, 0.4) is 0 Å². The van der Waals surface area contributed by atoms with Crippen molar-refractivity contribution in [2.24, 2.45) is 0 Å². The van der Waals surface area contributed by atoms with Gasteiger partial charge in [-0.25, -0.2) is 15.2 Å². The molecule has 0 bridgehead atoms. The normalized spacial score (nSPS) is 21.9. The van der Waals surface area contributed by atoms with E-state index in [9.17, 15) is 24.4 Å². The zero-order valence-corrected chi connectivity index (χ0v) is 25.8. The summed E-state index contributed by atoms with van der Waals surface area (Å²) in [5.74, 6) is -3.57. The second kappa shape index (κ2) is 15.0. The predicted octanol–water partition coefficient (Wildman–Crippen LogP) is 2.09. The van der Waals surface area contributed by atoms with Gasteiger partial charge in [0.05, 0.1) is 19.5 Å². The number of esters is 2. The number of nitrogens with one attached hydrogen (secondary N) is 2. The molecule has 0 saturated carbocycles. The van der Waals surface area contributed by atoms with Gasteiger partial charge in [0.2, 0.25) is 19.3 Å². The Morgan fingerprint density at radius 2 is 1.79 bits per heavy atom. The molecule has 2 aromatic heterocycles. The van der Waals surface area contributed by atoms with Crippen molar-refractivity contribution >= 4 is 36.5 Å². The zero-order valence-electron chi connectivity index (χ0n) is 24.9. The summed E-state index contributed by atoms with van der Waals surface area (Å²) in [4.78, 5) is 36.9. The van der Waals surface area contributed by atoms with E-state index >= 15 is 0 Å². The number of imidazole rings is 1. The van der Waals surface area contributed by atoms with Crippen molar-refractivity contribution in [3.63, 3.8) is 0 Å². The first-order valence-electron chi connectivity index (χ1n) is 14.2. The van der Waals surface area contributed by atoms with Crippen LogP contribution in [-0.2, 0) is 33.1 Å². The minimum Gasteiger partial charge on any atom is -0.492 e. The second-order valence-electron chi connectivity index (χ2n) is 10.3. The number of unbranched alkanes of at least 4 members (excludes halogenated alkanes) is 2. The number of ether oxygens (including phenoxy) is 4. The van der Waals surface area contributed by atoms with Crippen LogP contribution in [0.15, 0.2) is 19.0 Å². The van der Waals surface area contributed by atoms with Crippen LogP contribution in [-0.4, -0.2) is 85.2 Å². The number of nitrogen functional groups attached to an aromatic ring is 1. The SMILES string of the molecule is C=CC1(OCP(=O)(N[C@@H](C)C(=O)OCCCC)N[C@@H](C)C(=O)OCCCC)CC(O)C(n2cnc3c(O)nc(N)nc32)O1. The molecule has 3 unspecified atom stereocenters. The van der Waals surface area contributed by atoms with E-state index in [1.807, 2.05) is 13.8 Å². The molecule has 3 heterocycles. The third-order valence-electron chi connectivity index (χ3n) is 6.64. The smallest absolute Gasteiger partial charge is 0.323 e. The van der Waals surface area contributed by atoms with Gasteiger partial charge in [-0.15, -0.1) is 0 Å². The molecule has 43 heavy (non-hydrogen) atoms. The van der Waals surface area contributed by atoms with Crippen molar-refractivity contribution in [3.8, 4) is 5.88 Å². The van der Waals surface area contributed by atoms with E-state index in [-0.39, 0.29) is 36.7 Å². The maximum Gasteiger partial charge on any atom is 0.323 e. The molecule has 0 aromatic carbocycles. The third-order valence-corrected chi connectivity index (χ3v) is 8.74. The van der Waals surface area contributed by atoms with Crippen LogP contribution in [0.25, 0.3) is 11.2 Å². The van der Waals surface area contributed by atoms with Crippen molar-refractivity contribution in [1.29, 1.82) is 0 Å². The van der Waals surface area contributed by atoms with Gasteiger partial charge in [-0.05, 0) is 32.8 Å². The number of carbonyl (C=O) groups excluding carboxylic acids is 2. The Morgan fingerprint density at radius 1 is 1.21 bits per heavy atom. The first-order chi connectivity index (χ1) is 20.4. The molecule has 5 atom stereocenters. The number of aromatic hydroxyl groups is 1. The van der Waals surface area contributed by atoms with Gasteiger partial charge < -0.3 is 34.9 Å². The third kappa shape index (κ3) is 8.71. The summed E-state index contributed by atoms with van der Waals surface area (Å²) >= 11 is 0. The van der Waals surface area contributed by atoms with E-state index in [0.29, 0.717) is 12.8 Å². The number of hydrogen-bond donors (Lipinski definition) is 5. The molecule has 2 aromatic rings. The van der Waals surface area contributed by atoms with Gasteiger partial charge in [0, 0.05) is 6.42 Å². The lowest BCUT2D eigenvalue weighted by molar-refractivity contribution is -0.199. The Balaban J connectivity index is 1.80. The Hall–Kier alpha value is -3.14. The van der Waals surface area contributed by atoms with Crippen molar-refractivity contribution in [2.45, 2.75) is 90.0 Å². The van der Waals surface area contributed by atoms with E-state index < -0.39 is 61.8 Å². The molecule has 240 valence electrons. The first-order valence-corrected chi connectivity index (χ1v) is 16.1. The molecule has 17 heteroatoms. The highest BCUT2D eigenvalue weighted by molar-refractivity contribution is 7.59. The molecule has 1 saturated heterocycles. The Bertz CT molecular complexity index is 1290. The standard InChI is InChI=1S/C26H42N7O9P/c1-6-9-11-39-23(36)16(4)31-43(38,32-17(5)24(37)40-12-10-7-2)15-41-26(8-3)13-18(34)22(42-26)33-14-28-19-20(33)29-25(27)30-21(19)35/h8,14,16-18,22,34H,3,6-7,9-13,15H2,1-2,4-5H3,(H2,31,32,38)(H3,27,29,30,35)/t16-,17-,18?,22?,26?/m0/s1. The molecule has 16 nitrogen and oxygen atoms in total. The van der Waals surface area contributed by atoms with Crippen LogP contribution in [0.1, 0.15) is 66.0 Å². The number of rotatable bonds is 17. The van der Waals surface area contributed by atoms with E-state index in [1.165, 1.54) is 30.8 Å². The summed E-state index contributed by atoms with van der Waals surface area (Å²) in [6.45, 7) is 11.1. The molecule has 0 spiro atoms. The predicted molar refractivity (Wildman–Crippen MR) is 156 cm³/mol. The van der Waals surface area contributed by atoms with E-state index in [1.54, 1.807) is 0 Å². The van der Waals surface area contributed by atoms with Crippen LogP contribution in [0, 0.1) is 0 Å². The maximum absolute atomic E-state index is 14.2. The lowest BCUT2D eigenvalue weighted by atomic mass is 10.1. The average Bonchev–Trinajstić information content (AvgIpc) is 3.53. The molecule has 0 radical (unpaired) electrons. The van der Waals surface area contributed by atoms with E-state index in [4.69, 9.17) is 24.7 Å². The summed E-state index contributed by atoms with van der Waals surface area (Å²) < 4.78 is 38.1. The largest absolute Gasteiger partial charge is 0.492 e. The van der Waals surface area contributed by atoms with E-state index in [2.05, 4.69) is 31.7 Å². The van der Waals surface area contributed by atoms with Crippen LogP contribution in [0.4, 0.5) is 5.95 Å². The Kier molecular flexibility index (Phi) is 12.0. The van der Waals surface area contributed by atoms with Gasteiger partial charge in [0.25, 0.3) is 0 Å². The molecule has 1 aliphatic rings. The van der Waals surface area contributed by atoms with Crippen molar-refractivity contribution < 1.29 is 43.3 Å². The maximum atomic E-state index is 14.2. The van der Waals surface area contributed by atoms with E-state index in [0.717, 1.165) is 12.8 Å².